The Bertz CT molecular complexity index is 424. The molecule has 1 aliphatic rings. The standard InChI is InChI=1S/C12H16BrNO2S/c1-12(2,3)16-11(15)14-8-6-7(8)9-4-5-10(13)17-9/h4-5,7-8H,6H2,1-3H3,(H,14,15)/t7-,8-/m0/s1. The number of rotatable bonds is 2. The maximum Gasteiger partial charge on any atom is 0.407 e. The van der Waals surface area contributed by atoms with Crippen LogP contribution in [0.25, 0.3) is 0 Å². The van der Waals surface area contributed by atoms with Crippen LogP contribution in [-0.4, -0.2) is 17.7 Å². The van der Waals surface area contributed by atoms with Crippen LogP contribution in [0.2, 0.25) is 0 Å². The van der Waals surface area contributed by atoms with E-state index in [-0.39, 0.29) is 12.1 Å². The highest BCUT2D eigenvalue weighted by molar-refractivity contribution is 9.11. The molecular formula is C12H16BrNO2S. The van der Waals surface area contributed by atoms with E-state index in [4.69, 9.17) is 4.74 Å². The number of hydrogen-bond donors (Lipinski definition) is 1. The van der Waals surface area contributed by atoms with Gasteiger partial charge in [-0.1, -0.05) is 0 Å². The minimum absolute atomic E-state index is 0.232. The fraction of sp³-hybridized carbons (Fsp3) is 0.583. The first-order valence-corrected chi connectivity index (χ1v) is 7.21. The third kappa shape index (κ3) is 3.71. The van der Waals surface area contributed by atoms with Gasteiger partial charge < -0.3 is 10.1 Å². The Morgan fingerprint density at radius 3 is 2.76 bits per heavy atom. The first-order chi connectivity index (χ1) is 7.85. The monoisotopic (exact) mass is 317 g/mol. The molecule has 2 rings (SSSR count). The van der Waals surface area contributed by atoms with Gasteiger partial charge in [0.05, 0.1) is 3.79 Å². The summed E-state index contributed by atoms with van der Waals surface area (Å²) < 4.78 is 6.36. The number of carbonyl (C=O) groups excluding carboxylic acids is 1. The first kappa shape index (κ1) is 12.9. The van der Waals surface area contributed by atoms with Crippen molar-refractivity contribution in [3.63, 3.8) is 0 Å². The van der Waals surface area contributed by atoms with E-state index in [1.54, 1.807) is 11.3 Å². The zero-order valence-electron chi connectivity index (χ0n) is 10.1. The van der Waals surface area contributed by atoms with Crippen molar-refractivity contribution in [2.45, 2.75) is 44.8 Å². The minimum Gasteiger partial charge on any atom is -0.444 e. The van der Waals surface area contributed by atoms with Gasteiger partial charge >= 0.3 is 6.09 Å². The largest absolute Gasteiger partial charge is 0.444 e. The topological polar surface area (TPSA) is 38.3 Å². The van der Waals surface area contributed by atoms with Crippen molar-refractivity contribution in [1.29, 1.82) is 0 Å². The van der Waals surface area contributed by atoms with Crippen LogP contribution in [0.5, 0.6) is 0 Å². The lowest BCUT2D eigenvalue weighted by Gasteiger charge is -2.19. The lowest BCUT2D eigenvalue weighted by molar-refractivity contribution is 0.0523. The zero-order chi connectivity index (χ0) is 12.6. The summed E-state index contributed by atoms with van der Waals surface area (Å²) in [6.45, 7) is 5.61. The van der Waals surface area contributed by atoms with Gasteiger partial charge in [-0.25, -0.2) is 4.79 Å². The predicted molar refractivity (Wildman–Crippen MR) is 72.5 cm³/mol. The molecular weight excluding hydrogens is 302 g/mol. The van der Waals surface area contributed by atoms with Crippen LogP contribution in [0.3, 0.4) is 0 Å². The van der Waals surface area contributed by atoms with E-state index in [0.717, 1.165) is 10.2 Å². The zero-order valence-corrected chi connectivity index (χ0v) is 12.5. The Morgan fingerprint density at radius 2 is 2.24 bits per heavy atom. The summed E-state index contributed by atoms with van der Waals surface area (Å²) >= 11 is 5.17. The summed E-state index contributed by atoms with van der Waals surface area (Å²) in [6, 6.07) is 4.38. The molecule has 0 radical (unpaired) electrons. The predicted octanol–water partition coefficient (Wildman–Crippen LogP) is 3.89. The number of thiophene rings is 1. The molecule has 0 aromatic carbocycles. The van der Waals surface area contributed by atoms with Gasteiger partial charge in [-0.3, -0.25) is 0 Å². The molecule has 0 aliphatic heterocycles. The second-order valence-electron chi connectivity index (χ2n) is 5.24. The molecule has 1 amide bonds. The molecule has 17 heavy (non-hydrogen) atoms. The highest BCUT2D eigenvalue weighted by Gasteiger charge is 2.41. The minimum atomic E-state index is -0.430. The molecule has 2 atom stereocenters. The van der Waals surface area contributed by atoms with Crippen molar-refractivity contribution in [2.75, 3.05) is 0 Å². The Hall–Kier alpha value is -0.550. The van der Waals surface area contributed by atoms with Crippen molar-refractivity contribution in [2.24, 2.45) is 0 Å². The molecule has 3 nitrogen and oxygen atoms in total. The normalized spacial score (nSPS) is 23.3. The molecule has 1 aromatic rings. The molecule has 94 valence electrons. The highest BCUT2D eigenvalue weighted by Crippen LogP contribution is 2.44. The lowest BCUT2D eigenvalue weighted by atomic mass is 10.2. The van der Waals surface area contributed by atoms with Crippen molar-refractivity contribution < 1.29 is 9.53 Å². The molecule has 1 aromatic heterocycles. The van der Waals surface area contributed by atoms with Crippen LogP contribution in [0.4, 0.5) is 4.79 Å². The molecule has 0 spiro atoms. The van der Waals surface area contributed by atoms with Gasteiger partial charge in [-0.15, -0.1) is 11.3 Å². The lowest BCUT2D eigenvalue weighted by Crippen LogP contribution is -2.34. The summed E-state index contributed by atoms with van der Waals surface area (Å²) in [5.41, 5.74) is -0.430. The van der Waals surface area contributed by atoms with Crippen molar-refractivity contribution >= 4 is 33.4 Å². The van der Waals surface area contributed by atoms with Crippen molar-refractivity contribution in [3.05, 3.63) is 20.8 Å². The van der Waals surface area contributed by atoms with Gasteiger partial charge in [-0.2, -0.15) is 0 Å². The summed E-state index contributed by atoms with van der Waals surface area (Å²) in [5, 5.41) is 2.90. The molecule has 1 aliphatic carbocycles. The summed E-state index contributed by atoms with van der Waals surface area (Å²) in [4.78, 5) is 12.9. The highest BCUT2D eigenvalue weighted by atomic mass is 79.9. The smallest absolute Gasteiger partial charge is 0.407 e. The molecule has 1 heterocycles. The van der Waals surface area contributed by atoms with Crippen molar-refractivity contribution in [1.82, 2.24) is 5.32 Å². The Kier molecular flexibility index (Phi) is 3.50. The summed E-state index contributed by atoms with van der Waals surface area (Å²) in [6.07, 6.45) is 0.687. The number of amides is 1. The van der Waals surface area contributed by atoms with Crippen LogP contribution in [0.1, 0.15) is 38.0 Å². The number of carbonyl (C=O) groups is 1. The van der Waals surface area contributed by atoms with Crippen LogP contribution in [-0.2, 0) is 4.74 Å². The number of hydrogen-bond acceptors (Lipinski definition) is 3. The fourth-order valence-electron chi connectivity index (χ4n) is 1.66. The molecule has 0 saturated heterocycles. The summed E-state index contributed by atoms with van der Waals surface area (Å²) in [7, 11) is 0. The maximum absolute atomic E-state index is 11.6. The van der Waals surface area contributed by atoms with Gasteiger partial charge in [-0.05, 0) is 55.3 Å². The third-order valence-electron chi connectivity index (χ3n) is 2.45. The number of nitrogens with one attached hydrogen (secondary N) is 1. The Labute approximate surface area is 114 Å². The van der Waals surface area contributed by atoms with E-state index in [1.165, 1.54) is 4.88 Å². The van der Waals surface area contributed by atoms with E-state index in [0.29, 0.717) is 5.92 Å². The fourth-order valence-corrected chi connectivity index (χ4v) is 3.26. The van der Waals surface area contributed by atoms with Crippen LogP contribution in [0.15, 0.2) is 15.9 Å². The van der Waals surface area contributed by atoms with Crippen LogP contribution >= 0.6 is 27.3 Å². The van der Waals surface area contributed by atoms with E-state index >= 15 is 0 Å². The van der Waals surface area contributed by atoms with E-state index in [9.17, 15) is 4.79 Å². The average molecular weight is 318 g/mol. The SMILES string of the molecule is CC(C)(C)OC(=O)N[C@H]1C[C@@H]1c1ccc(Br)s1. The molecule has 5 heteroatoms. The molecule has 1 N–H and O–H groups in total. The van der Waals surface area contributed by atoms with E-state index in [1.807, 2.05) is 26.8 Å². The molecule has 1 fully saturated rings. The van der Waals surface area contributed by atoms with Crippen molar-refractivity contribution in [3.8, 4) is 0 Å². The first-order valence-electron chi connectivity index (χ1n) is 5.60. The summed E-state index contributed by atoms with van der Waals surface area (Å²) in [5.74, 6) is 0.457. The third-order valence-corrected chi connectivity index (χ3v) is 4.21. The Balaban J connectivity index is 1.82. The van der Waals surface area contributed by atoms with Gasteiger partial charge in [0.2, 0.25) is 0 Å². The molecule has 0 unspecified atom stereocenters. The van der Waals surface area contributed by atoms with Gasteiger partial charge in [0.15, 0.2) is 0 Å². The van der Waals surface area contributed by atoms with Gasteiger partial charge in [0.1, 0.15) is 5.60 Å². The van der Waals surface area contributed by atoms with Crippen LogP contribution < -0.4 is 5.32 Å². The van der Waals surface area contributed by atoms with Gasteiger partial charge in [0, 0.05) is 16.8 Å². The second kappa shape index (κ2) is 4.61. The molecule has 0 bridgehead atoms. The molecule has 1 saturated carbocycles. The average Bonchev–Trinajstić information content (AvgIpc) is 2.75. The number of alkyl carbamates (subject to hydrolysis) is 1. The quantitative estimate of drug-likeness (QED) is 0.898. The maximum atomic E-state index is 11.6. The van der Waals surface area contributed by atoms with E-state index < -0.39 is 5.60 Å². The second-order valence-corrected chi connectivity index (χ2v) is 7.73. The Morgan fingerprint density at radius 1 is 1.53 bits per heavy atom. The van der Waals surface area contributed by atoms with Gasteiger partial charge in [0.25, 0.3) is 0 Å². The van der Waals surface area contributed by atoms with Crippen LogP contribution in [0, 0.1) is 0 Å². The number of ether oxygens (including phenoxy) is 1. The van der Waals surface area contributed by atoms with E-state index in [2.05, 4.69) is 27.3 Å². The number of halogens is 1.